The Labute approximate surface area is 182 Å². The fourth-order valence-electron chi connectivity index (χ4n) is 9.47. The molecule has 4 aliphatic carbocycles. The topological polar surface area (TPSA) is 60.8 Å². The highest BCUT2D eigenvalue weighted by Crippen LogP contribution is 2.69. The molecular formula is C26H43NO3. The van der Waals surface area contributed by atoms with Gasteiger partial charge in [0.2, 0.25) is 0 Å². The van der Waals surface area contributed by atoms with Gasteiger partial charge >= 0.3 is 0 Å². The average Bonchev–Trinajstić information content (AvgIpc) is 3.24. The molecule has 5 aliphatic rings. The molecule has 0 aromatic heterocycles. The standard InChI is InChI=1S/C26H43NO3/c1-24(30)10-7-19-17(14-24)6-11-25(2)20(19)8-12-26(3)21(4-5-23(25)26)22(29)16-27-13-9-18(28)15-27/h17-21,23,28,30H,4-16H2,1-3H3/t17-,18?,19-,20+,21+,23-,24+,25+,26+/m0/s1. The van der Waals surface area contributed by atoms with Gasteiger partial charge in [0.15, 0.2) is 0 Å². The molecule has 1 aliphatic heterocycles. The number of nitrogens with zero attached hydrogens (tertiary/aromatic N) is 1. The fraction of sp³-hybridized carbons (Fsp3) is 0.962. The molecular weight excluding hydrogens is 374 g/mol. The Kier molecular flexibility index (Phi) is 5.19. The summed E-state index contributed by atoms with van der Waals surface area (Å²) in [6.07, 6.45) is 11.0. The van der Waals surface area contributed by atoms with Crippen molar-refractivity contribution in [2.24, 2.45) is 40.4 Å². The molecule has 30 heavy (non-hydrogen) atoms. The average molecular weight is 418 g/mol. The molecule has 0 bridgehead atoms. The molecule has 9 atom stereocenters. The zero-order chi connectivity index (χ0) is 21.3. The number of rotatable bonds is 3. The molecule has 170 valence electrons. The Morgan fingerprint density at radius 2 is 1.73 bits per heavy atom. The van der Waals surface area contributed by atoms with Gasteiger partial charge in [-0.2, -0.15) is 0 Å². The summed E-state index contributed by atoms with van der Waals surface area (Å²) in [6.45, 7) is 9.15. The van der Waals surface area contributed by atoms with E-state index in [-0.39, 0.29) is 17.4 Å². The molecule has 5 fully saturated rings. The molecule has 1 unspecified atom stereocenters. The number of ketones is 1. The SMILES string of the molecule is C[C@@]1(O)CC[C@H]2[C@@H](CC[C@@]3(C)[C@@H]4CC[C@H](C(=O)CN5CCC(O)C5)[C@@]4(C)CC[C@H]23)C1. The Hall–Kier alpha value is -0.450. The zero-order valence-electron chi connectivity index (χ0n) is 19.4. The van der Waals surface area contributed by atoms with Crippen molar-refractivity contribution in [3.63, 3.8) is 0 Å². The van der Waals surface area contributed by atoms with E-state index < -0.39 is 5.60 Å². The van der Waals surface area contributed by atoms with E-state index in [0.29, 0.717) is 36.1 Å². The minimum Gasteiger partial charge on any atom is -0.392 e. The monoisotopic (exact) mass is 417 g/mol. The van der Waals surface area contributed by atoms with Crippen LogP contribution in [0.3, 0.4) is 0 Å². The van der Waals surface area contributed by atoms with Gasteiger partial charge in [-0.15, -0.1) is 0 Å². The fourth-order valence-corrected chi connectivity index (χ4v) is 9.47. The lowest BCUT2D eigenvalue weighted by Crippen LogP contribution is -2.56. The Morgan fingerprint density at radius 1 is 0.967 bits per heavy atom. The molecule has 0 aromatic rings. The maximum atomic E-state index is 13.4. The largest absolute Gasteiger partial charge is 0.392 e. The van der Waals surface area contributed by atoms with Gasteiger partial charge in [-0.05, 0) is 106 Å². The van der Waals surface area contributed by atoms with E-state index in [2.05, 4.69) is 18.7 Å². The lowest BCUT2D eigenvalue weighted by Gasteiger charge is -2.62. The van der Waals surface area contributed by atoms with Crippen molar-refractivity contribution in [3.8, 4) is 0 Å². The number of likely N-dealkylation sites (tertiary alicyclic amines) is 1. The van der Waals surface area contributed by atoms with E-state index in [0.717, 1.165) is 44.1 Å². The van der Waals surface area contributed by atoms with Crippen LogP contribution in [-0.2, 0) is 4.79 Å². The number of fused-ring (bicyclic) bond motifs is 5. The van der Waals surface area contributed by atoms with E-state index in [1.54, 1.807) is 0 Å². The smallest absolute Gasteiger partial charge is 0.150 e. The predicted octanol–water partition coefficient (Wildman–Crippen LogP) is 4.03. The van der Waals surface area contributed by atoms with Gasteiger partial charge in [0.05, 0.1) is 18.2 Å². The zero-order valence-corrected chi connectivity index (χ0v) is 19.4. The Balaban J connectivity index is 1.32. The lowest BCUT2D eigenvalue weighted by molar-refractivity contribution is -0.152. The number of aliphatic hydroxyl groups is 2. The predicted molar refractivity (Wildman–Crippen MR) is 118 cm³/mol. The second-order valence-corrected chi connectivity index (χ2v) is 12.7. The molecule has 2 N–H and O–H groups in total. The van der Waals surface area contributed by atoms with Crippen LogP contribution in [0.4, 0.5) is 0 Å². The summed E-state index contributed by atoms with van der Waals surface area (Å²) < 4.78 is 0. The summed E-state index contributed by atoms with van der Waals surface area (Å²) in [5, 5.41) is 20.5. The second-order valence-electron chi connectivity index (χ2n) is 12.7. The van der Waals surface area contributed by atoms with Crippen LogP contribution in [0.1, 0.15) is 85.0 Å². The van der Waals surface area contributed by atoms with E-state index >= 15 is 0 Å². The number of hydrogen-bond donors (Lipinski definition) is 2. The lowest BCUT2D eigenvalue weighted by atomic mass is 9.43. The molecule has 0 radical (unpaired) electrons. The van der Waals surface area contributed by atoms with E-state index in [4.69, 9.17) is 0 Å². The number of carbonyl (C=O) groups excluding carboxylic acids is 1. The summed E-state index contributed by atoms with van der Waals surface area (Å²) >= 11 is 0. The van der Waals surface area contributed by atoms with Crippen LogP contribution in [0.5, 0.6) is 0 Å². The second kappa shape index (κ2) is 7.28. The third-order valence-corrected chi connectivity index (χ3v) is 10.9. The van der Waals surface area contributed by atoms with Crippen molar-refractivity contribution < 1.29 is 15.0 Å². The maximum Gasteiger partial charge on any atom is 0.150 e. The first-order valence-corrected chi connectivity index (χ1v) is 12.8. The summed E-state index contributed by atoms with van der Waals surface area (Å²) in [5.74, 6) is 3.60. The molecule has 0 aromatic carbocycles. The molecule has 4 saturated carbocycles. The Morgan fingerprint density at radius 3 is 2.47 bits per heavy atom. The van der Waals surface area contributed by atoms with Gasteiger partial charge in [0.25, 0.3) is 0 Å². The number of hydrogen-bond acceptors (Lipinski definition) is 4. The summed E-state index contributed by atoms with van der Waals surface area (Å²) in [4.78, 5) is 15.6. The van der Waals surface area contributed by atoms with Gasteiger partial charge in [0.1, 0.15) is 5.78 Å². The highest BCUT2D eigenvalue weighted by molar-refractivity contribution is 5.84. The number of carbonyl (C=O) groups is 1. The highest BCUT2D eigenvalue weighted by Gasteiger charge is 2.63. The third-order valence-electron chi connectivity index (χ3n) is 10.9. The van der Waals surface area contributed by atoms with Crippen molar-refractivity contribution in [3.05, 3.63) is 0 Å². The summed E-state index contributed by atoms with van der Waals surface area (Å²) in [6, 6.07) is 0. The van der Waals surface area contributed by atoms with Gasteiger partial charge < -0.3 is 10.2 Å². The molecule has 4 heteroatoms. The van der Waals surface area contributed by atoms with Gasteiger partial charge in [-0.3, -0.25) is 9.69 Å². The first-order chi connectivity index (χ1) is 14.1. The van der Waals surface area contributed by atoms with Crippen LogP contribution in [0.15, 0.2) is 0 Å². The van der Waals surface area contributed by atoms with Crippen LogP contribution >= 0.6 is 0 Å². The van der Waals surface area contributed by atoms with Gasteiger partial charge in [-0.25, -0.2) is 0 Å². The maximum absolute atomic E-state index is 13.4. The number of aliphatic hydroxyl groups excluding tert-OH is 1. The van der Waals surface area contributed by atoms with Crippen LogP contribution in [0.25, 0.3) is 0 Å². The molecule has 0 spiro atoms. The number of β-amino-alcohol motifs (C(OH)–C–C–N with tert-alkyl or cyclic N) is 1. The van der Waals surface area contributed by atoms with Crippen LogP contribution in [0, 0.1) is 40.4 Å². The van der Waals surface area contributed by atoms with Gasteiger partial charge in [-0.1, -0.05) is 13.8 Å². The molecule has 4 nitrogen and oxygen atoms in total. The van der Waals surface area contributed by atoms with Crippen molar-refractivity contribution >= 4 is 5.78 Å². The first kappa shape index (κ1) is 21.4. The van der Waals surface area contributed by atoms with Crippen molar-refractivity contribution in [2.75, 3.05) is 19.6 Å². The van der Waals surface area contributed by atoms with Crippen LogP contribution < -0.4 is 0 Å². The van der Waals surface area contributed by atoms with Crippen molar-refractivity contribution in [2.45, 2.75) is 96.7 Å². The summed E-state index contributed by atoms with van der Waals surface area (Å²) in [5.41, 5.74) is 0.0794. The van der Waals surface area contributed by atoms with E-state index in [1.165, 1.54) is 38.5 Å². The molecule has 5 rings (SSSR count). The minimum absolute atomic E-state index is 0.160. The summed E-state index contributed by atoms with van der Waals surface area (Å²) in [7, 11) is 0. The Bertz CT molecular complexity index is 692. The van der Waals surface area contributed by atoms with Crippen molar-refractivity contribution in [1.29, 1.82) is 0 Å². The van der Waals surface area contributed by atoms with Gasteiger partial charge in [0, 0.05) is 19.0 Å². The first-order valence-electron chi connectivity index (χ1n) is 12.8. The van der Waals surface area contributed by atoms with E-state index in [1.807, 2.05) is 6.92 Å². The normalized spacial score (nSPS) is 53.8. The molecule has 1 saturated heterocycles. The van der Waals surface area contributed by atoms with E-state index in [9.17, 15) is 15.0 Å². The molecule has 1 heterocycles. The molecule has 0 amide bonds. The van der Waals surface area contributed by atoms with Crippen LogP contribution in [-0.4, -0.2) is 52.2 Å². The van der Waals surface area contributed by atoms with Crippen molar-refractivity contribution in [1.82, 2.24) is 4.90 Å². The quantitative estimate of drug-likeness (QED) is 0.728. The third kappa shape index (κ3) is 3.31. The van der Waals surface area contributed by atoms with Crippen LogP contribution in [0.2, 0.25) is 0 Å². The highest BCUT2D eigenvalue weighted by atomic mass is 16.3. The minimum atomic E-state index is -0.452. The number of Topliss-reactive ketones (excluding diaryl/α,β-unsaturated/α-hetero) is 1.